The molecule has 3 rings (SSSR count). The number of hydrogen-bond donors (Lipinski definition) is 1. The predicted molar refractivity (Wildman–Crippen MR) is 72.3 cm³/mol. The van der Waals surface area contributed by atoms with Crippen LogP contribution in [0.5, 0.6) is 0 Å². The van der Waals surface area contributed by atoms with Crippen LogP contribution in [0.25, 0.3) is 0 Å². The summed E-state index contributed by atoms with van der Waals surface area (Å²) in [4.78, 5) is 4.62. The molecule has 0 saturated heterocycles. The Morgan fingerprint density at radius 3 is 2.82 bits per heavy atom. The molecule has 1 N–H and O–H groups in total. The van der Waals surface area contributed by atoms with Crippen molar-refractivity contribution in [2.75, 3.05) is 6.54 Å². The molecular weight excluding hydrogens is 228 g/mol. The number of aryl methyl sites for hydroxylation is 1. The van der Waals surface area contributed by atoms with Crippen molar-refractivity contribution in [1.82, 2.24) is 10.3 Å². The topological polar surface area (TPSA) is 24.9 Å². The molecule has 3 heteroatoms. The highest BCUT2D eigenvalue weighted by atomic mass is 32.1. The summed E-state index contributed by atoms with van der Waals surface area (Å²) in [5.41, 5.74) is 1.29. The first-order valence-corrected chi connectivity index (χ1v) is 7.82. The molecule has 3 atom stereocenters. The fraction of sp³-hybridized carbons (Fsp3) is 0.786. The number of likely N-dealkylation sites (N-methyl/N-ethyl adjacent to an activating group) is 1. The van der Waals surface area contributed by atoms with Crippen LogP contribution in [0.2, 0.25) is 0 Å². The number of fused-ring (bicyclic) bond motifs is 1. The Balaban J connectivity index is 1.64. The molecule has 1 aromatic rings. The largest absolute Gasteiger partial charge is 0.314 e. The summed E-state index contributed by atoms with van der Waals surface area (Å²) in [6.07, 6.45) is 5.57. The average Bonchev–Trinajstić information content (AvgIpc) is 2.67. The van der Waals surface area contributed by atoms with Gasteiger partial charge in [0.1, 0.15) is 0 Å². The molecule has 3 unspecified atom stereocenters. The van der Waals surface area contributed by atoms with Gasteiger partial charge >= 0.3 is 0 Å². The van der Waals surface area contributed by atoms with Gasteiger partial charge in [-0.25, -0.2) is 4.98 Å². The highest BCUT2D eigenvalue weighted by Crippen LogP contribution is 2.59. The zero-order valence-electron chi connectivity index (χ0n) is 10.8. The van der Waals surface area contributed by atoms with Crippen molar-refractivity contribution in [3.05, 3.63) is 16.1 Å². The summed E-state index contributed by atoms with van der Waals surface area (Å²) in [6.45, 7) is 5.41. The number of nitrogens with one attached hydrogen (secondary N) is 1. The Bertz CT molecular complexity index is 377. The third-order valence-electron chi connectivity index (χ3n) is 4.50. The van der Waals surface area contributed by atoms with Crippen LogP contribution in [0.4, 0.5) is 0 Å². The first kappa shape index (κ1) is 11.7. The van der Waals surface area contributed by atoms with Gasteiger partial charge in [0.05, 0.1) is 10.7 Å². The maximum Gasteiger partial charge on any atom is 0.0897 e. The fourth-order valence-corrected chi connectivity index (χ4v) is 4.43. The standard InChI is InChI=1S/C14H22N2S/c1-3-15-13(7-10-8-17-9(2)16-10)14-11-5-4-6-12(11)14/h8,11-15H,3-7H2,1-2H3. The van der Waals surface area contributed by atoms with E-state index in [1.807, 2.05) is 0 Å². The van der Waals surface area contributed by atoms with Crippen LogP contribution in [0.15, 0.2) is 5.38 Å². The molecule has 17 heavy (non-hydrogen) atoms. The lowest BCUT2D eigenvalue weighted by atomic mass is 10.00. The lowest BCUT2D eigenvalue weighted by molar-refractivity contribution is 0.408. The maximum atomic E-state index is 4.62. The van der Waals surface area contributed by atoms with Gasteiger partial charge in [-0.3, -0.25) is 0 Å². The summed E-state index contributed by atoms with van der Waals surface area (Å²) < 4.78 is 0. The van der Waals surface area contributed by atoms with E-state index < -0.39 is 0 Å². The molecule has 0 amide bonds. The quantitative estimate of drug-likeness (QED) is 0.869. The van der Waals surface area contributed by atoms with Gasteiger partial charge in [-0.2, -0.15) is 0 Å². The third kappa shape index (κ3) is 2.27. The van der Waals surface area contributed by atoms with Crippen LogP contribution >= 0.6 is 11.3 Å². The summed E-state index contributed by atoms with van der Waals surface area (Å²) in [7, 11) is 0. The van der Waals surface area contributed by atoms with Gasteiger partial charge in [-0.1, -0.05) is 13.3 Å². The minimum Gasteiger partial charge on any atom is -0.314 e. The van der Waals surface area contributed by atoms with Crippen molar-refractivity contribution in [1.29, 1.82) is 0 Å². The Hall–Kier alpha value is -0.410. The number of nitrogens with zero attached hydrogens (tertiary/aromatic N) is 1. The second-order valence-electron chi connectivity index (χ2n) is 5.56. The highest BCUT2D eigenvalue weighted by molar-refractivity contribution is 7.09. The fourth-order valence-electron chi connectivity index (χ4n) is 3.81. The van der Waals surface area contributed by atoms with Crippen LogP contribution in [0.1, 0.15) is 36.9 Å². The van der Waals surface area contributed by atoms with Crippen molar-refractivity contribution in [3.63, 3.8) is 0 Å². The highest BCUT2D eigenvalue weighted by Gasteiger charge is 2.55. The number of hydrogen-bond acceptors (Lipinski definition) is 3. The lowest BCUT2D eigenvalue weighted by Crippen LogP contribution is -2.34. The summed E-state index contributed by atoms with van der Waals surface area (Å²) >= 11 is 1.78. The second-order valence-corrected chi connectivity index (χ2v) is 6.62. The molecule has 1 heterocycles. The molecule has 1 aromatic heterocycles. The minimum absolute atomic E-state index is 0.678. The molecule has 0 spiro atoms. The number of thiazole rings is 1. The van der Waals surface area contributed by atoms with E-state index in [4.69, 9.17) is 0 Å². The Morgan fingerprint density at radius 1 is 1.47 bits per heavy atom. The SMILES string of the molecule is CCNC(Cc1csc(C)n1)C1C2CCCC21. The molecule has 0 radical (unpaired) electrons. The molecule has 2 aliphatic carbocycles. The number of rotatable bonds is 5. The molecule has 0 bridgehead atoms. The molecule has 2 nitrogen and oxygen atoms in total. The smallest absolute Gasteiger partial charge is 0.0897 e. The zero-order valence-corrected chi connectivity index (χ0v) is 11.6. The van der Waals surface area contributed by atoms with Crippen molar-refractivity contribution in [2.45, 2.75) is 45.6 Å². The maximum absolute atomic E-state index is 4.62. The molecular formula is C14H22N2S. The van der Waals surface area contributed by atoms with Gasteiger partial charge in [0.2, 0.25) is 0 Å². The van der Waals surface area contributed by atoms with Crippen LogP contribution in [-0.4, -0.2) is 17.6 Å². The van der Waals surface area contributed by atoms with Crippen LogP contribution in [0.3, 0.4) is 0 Å². The van der Waals surface area contributed by atoms with Crippen LogP contribution < -0.4 is 5.32 Å². The molecule has 2 saturated carbocycles. The van der Waals surface area contributed by atoms with E-state index in [2.05, 4.69) is 29.5 Å². The minimum atomic E-state index is 0.678. The van der Waals surface area contributed by atoms with Crippen molar-refractivity contribution in [3.8, 4) is 0 Å². The molecule has 0 aliphatic heterocycles. The van der Waals surface area contributed by atoms with Crippen LogP contribution in [0, 0.1) is 24.7 Å². The normalized spacial score (nSPS) is 32.5. The monoisotopic (exact) mass is 250 g/mol. The molecule has 0 aromatic carbocycles. The Kier molecular flexibility index (Phi) is 3.22. The Labute approximate surface area is 108 Å². The third-order valence-corrected chi connectivity index (χ3v) is 5.32. The number of aromatic nitrogens is 1. The van der Waals surface area contributed by atoms with Crippen LogP contribution in [-0.2, 0) is 6.42 Å². The Morgan fingerprint density at radius 2 is 2.24 bits per heavy atom. The average molecular weight is 250 g/mol. The van der Waals surface area contributed by atoms with E-state index in [1.165, 1.54) is 30.0 Å². The van der Waals surface area contributed by atoms with E-state index in [1.54, 1.807) is 11.3 Å². The van der Waals surface area contributed by atoms with Gasteiger partial charge in [0.25, 0.3) is 0 Å². The van der Waals surface area contributed by atoms with Gasteiger partial charge in [-0.15, -0.1) is 11.3 Å². The second kappa shape index (κ2) is 4.69. The van der Waals surface area contributed by atoms with Gasteiger partial charge < -0.3 is 5.32 Å². The van der Waals surface area contributed by atoms with Gasteiger partial charge in [0, 0.05) is 17.8 Å². The van der Waals surface area contributed by atoms with Crippen molar-refractivity contribution < 1.29 is 0 Å². The van der Waals surface area contributed by atoms with E-state index in [0.29, 0.717) is 6.04 Å². The van der Waals surface area contributed by atoms with Crippen molar-refractivity contribution in [2.24, 2.45) is 17.8 Å². The molecule has 2 aliphatic rings. The first-order chi connectivity index (χ1) is 8.29. The summed E-state index contributed by atoms with van der Waals surface area (Å²) in [5.74, 6) is 3.03. The first-order valence-electron chi connectivity index (χ1n) is 6.94. The van der Waals surface area contributed by atoms with E-state index in [9.17, 15) is 0 Å². The van der Waals surface area contributed by atoms with E-state index >= 15 is 0 Å². The summed E-state index contributed by atoms with van der Waals surface area (Å²) in [5, 5.41) is 7.13. The van der Waals surface area contributed by atoms with Gasteiger partial charge in [-0.05, 0) is 44.1 Å². The van der Waals surface area contributed by atoms with Crippen molar-refractivity contribution >= 4 is 11.3 Å². The van der Waals surface area contributed by atoms with E-state index in [-0.39, 0.29) is 0 Å². The zero-order chi connectivity index (χ0) is 11.8. The molecule has 94 valence electrons. The van der Waals surface area contributed by atoms with E-state index in [0.717, 1.165) is 30.7 Å². The summed E-state index contributed by atoms with van der Waals surface area (Å²) in [6, 6.07) is 0.678. The predicted octanol–water partition coefficient (Wildman–Crippen LogP) is 3.02. The van der Waals surface area contributed by atoms with Gasteiger partial charge in [0.15, 0.2) is 0 Å². The lowest BCUT2D eigenvalue weighted by Gasteiger charge is -2.18. The molecule has 2 fully saturated rings.